The van der Waals surface area contributed by atoms with E-state index in [4.69, 9.17) is 4.98 Å². The number of carbonyl (C=O) groups is 2. The van der Waals surface area contributed by atoms with Gasteiger partial charge in [0.25, 0.3) is 0 Å². The van der Waals surface area contributed by atoms with E-state index in [-0.39, 0.29) is 18.4 Å². The van der Waals surface area contributed by atoms with Gasteiger partial charge in [0.1, 0.15) is 0 Å². The number of piperidine rings is 1. The maximum absolute atomic E-state index is 11.9. The molecule has 0 bridgehead atoms. The van der Waals surface area contributed by atoms with Crippen LogP contribution in [0, 0.1) is 0 Å². The first-order valence-corrected chi connectivity index (χ1v) is 9.02. The number of hydrogen-bond donors (Lipinski definition) is 2. The van der Waals surface area contributed by atoms with Crippen molar-refractivity contribution in [1.29, 1.82) is 0 Å². The molecule has 1 saturated heterocycles. The maximum atomic E-state index is 11.9. The maximum Gasteiger partial charge on any atom is 0.239 e. The number of amides is 2. The lowest BCUT2D eigenvalue weighted by atomic mass is 9.97. The van der Waals surface area contributed by atoms with Gasteiger partial charge in [-0.3, -0.25) is 14.5 Å². The summed E-state index contributed by atoms with van der Waals surface area (Å²) in [4.78, 5) is 29.9. The number of carbonyl (C=O) groups excluding carboxylic acids is 2. The molecule has 2 heterocycles. The second-order valence-electron chi connectivity index (χ2n) is 6.02. The van der Waals surface area contributed by atoms with Crippen molar-refractivity contribution >= 4 is 33.4 Å². The lowest BCUT2D eigenvalue weighted by molar-refractivity contribution is -0.126. The molecular formula is C17H22N4O2S. The summed E-state index contributed by atoms with van der Waals surface area (Å²) in [5.41, 5.74) is 1.08. The topological polar surface area (TPSA) is 74.3 Å². The second-order valence-corrected chi connectivity index (χ2v) is 7.08. The number of thiazole rings is 1. The second kappa shape index (κ2) is 7.72. The standard InChI is InChI=1S/C17H22N4O2S/c1-18-15(22)10-19-16(23)11-21-8-6-12(7-9-21)17-20-13-4-2-3-5-14(13)24-17/h2-5,12H,6-11H2,1H3,(H,18,22)(H,19,23). The van der Waals surface area contributed by atoms with Gasteiger partial charge < -0.3 is 10.6 Å². The van der Waals surface area contributed by atoms with Crippen molar-refractivity contribution in [2.75, 3.05) is 33.2 Å². The van der Waals surface area contributed by atoms with Crippen molar-refractivity contribution in [2.24, 2.45) is 0 Å². The molecule has 1 aliphatic heterocycles. The Bertz CT molecular complexity index is 689. The third-order valence-electron chi connectivity index (χ3n) is 4.34. The van der Waals surface area contributed by atoms with E-state index in [1.807, 2.05) is 12.1 Å². The van der Waals surface area contributed by atoms with Gasteiger partial charge in [0.2, 0.25) is 11.8 Å². The average molecular weight is 346 g/mol. The van der Waals surface area contributed by atoms with Gasteiger partial charge in [-0.2, -0.15) is 0 Å². The Labute approximate surface area is 145 Å². The molecule has 0 unspecified atom stereocenters. The van der Waals surface area contributed by atoms with Crippen LogP contribution in [-0.4, -0.2) is 54.9 Å². The molecule has 1 aliphatic rings. The number of likely N-dealkylation sites (tertiary alicyclic amines) is 1. The van der Waals surface area contributed by atoms with E-state index in [1.165, 1.54) is 9.71 Å². The number of nitrogens with zero attached hydrogens (tertiary/aromatic N) is 2. The number of benzene rings is 1. The molecule has 2 N–H and O–H groups in total. The highest BCUT2D eigenvalue weighted by Gasteiger charge is 2.24. The van der Waals surface area contributed by atoms with Gasteiger partial charge in [-0.25, -0.2) is 4.98 Å². The zero-order chi connectivity index (χ0) is 16.9. The molecule has 0 saturated carbocycles. The number of hydrogen-bond acceptors (Lipinski definition) is 5. The van der Waals surface area contributed by atoms with Crippen LogP contribution in [-0.2, 0) is 9.59 Å². The molecule has 128 valence electrons. The minimum Gasteiger partial charge on any atom is -0.358 e. The first kappa shape index (κ1) is 16.9. The lowest BCUT2D eigenvalue weighted by Crippen LogP contribution is -2.43. The molecule has 1 aromatic carbocycles. The quantitative estimate of drug-likeness (QED) is 0.857. The van der Waals surface area contributed by atoms with Crippen LogP contribution in [0.25, 0.3) is 10.2 Å². The number of likely N-dealkylation sites (N-methyl/N-ethyl adjacent to an activating group) is 1. The van der Waals surface area contributed by atoms with Crippen molar-refractivity contribution in [1.82, 2.24) is 20.5 Å². The third kappa shape index (κ3) is 4.10. The summed E-state index contributed by atoms with van der Waals surface area (Å²) in [7, 11) is 1.56. The minimum absolute atomic E-state index is 0.0392. The van der Waals surface area contributed by atoms with Crippen LogP contribution in [0.4, 0.5) is 0 Å². The highest BCUT2D eigenvalue weighted by atomic mass is 32.1. The molecule has 6 nitrogen and oxygen atoms in total. The summed E-state index contributed by atoms with van der Waals surface area (Å²) in [6, 6.07) is 8.24. The number of fused-ring (bicyclic) bond motifs is 1. The van der Waals surface area contributed by atoms with Gasteiger partial charge in [0, 0.05) is 13.0 Å². The fourth-order valence-electron chi connectivity index (χ4n) is 2.93. The first-order chi connectivity index (χ1) is 11.7. The summed E-state index contributed by atoms with van der Waals surface area (Å²) in [5, 5.41) is 6.33. The Kier molecular flexibility index (Phi) is 5.42. The molecule has 0 radical (unpaired) electrons. The molecule has 2 aromatic rings. The zero-order valence-corrected chi connectivity index (χ0v) is 14.6. The predicted octanol–water partition coefficient (Wildman–Crippen LogP) is 1.34. The van der Waals surface area contributed by atoms with Crippen LogP contribution in [0.15, 0.2) is 24.3 Å². The molecule has 24 heavy (non-hydrogen) atoms. The van der Waals surface area contributed by atoms with Gasteiger partial charge in [-0.05, 0) is 38.1 Å². The highest BCUT2D eigenvalue weighted by molar-refractivity contribution is 7.18. The zero-order valence-electron chi connectivity index (χ0n) is 13.7. The molecule has 0 aliphatic carbocycles. The van der Waals surface area contributed by atoms with Gasteiger partial charge in [-0.1, -0.05) is 12.1 Å². The summed E-state index contributed by atoms with van der Waals surface area (Å²) in [5.74, 6) is 0.197. The average Bonchev–Trinajstić information content (AvgIpc) is 3.04. The Hall–Kier alpha value is -1.99. The molecule has 0 atom stereocenters. The van der Waals surface area contributed by atoms with E-state index in [0.29, 0.717) is 12.5 Å². The minimum atomic E-state index is -0.183. The van der Waals surface area contributed by atoms with Crippen LogP contribution in [0.1, 0.15) is 23.8 Å². The lowest BCUT2D eigenvalue weighted by Gasteiger charge is -2.30. The van der Waals surface area contributed by atoms with Gasteiger partial charge in [0.15, 0.2) is 0 Å². The van der Waals surface area contributed by atoms with Crippen molar-refractivity contribution in [2.45, 2.75) is 18.8 Å². The number of rotatable bonds is 5. The molecule has 3 rings (SSSR count). The molecule has 1 aromatic heterocycles. The van der Waals surface area contributed by atoms with Gasteiger partial charge in [0.05, 0.1) is 28.3 Å². The van der Waals surface area contributed by atoms with Crippen molar-refractivity contribution in [3.05, 3.63) is 29.3 Å². The first-order valence-electron chi connectivity index (χ1n) is 8.21. The van der Waals surface area contributed by atoms with Gasteiger partial charge in [-0.15, -0.1) is 11.3 Å². The predicted molar refractivity (Wildman–Crippen MR) is 95.1 cm³/mol. The largest absolute Gasteiger partial charge is 0.358 e. The Morgan fingerprint density at radius 2 is 2.00 bits per heavy atom. The molecule has 7 heteroatoms. The third-order valence-corrected chi connectivity index (χ3v) is 5.54. The normalized spacial score (nSPS) is 16.2. The van der Waals surface area contributed by atoms with Crippen molar-refractivity contribution in [3.8, 4) is 0 Å². The number of aromatic nitrogens is 1. The summed E-state index contributed by atoms with van der Waals surface area (Å²) in [6.07, 6.45) is 2.03. The highest BCUT2D eigenvalue weighted by Crippen LogP contribution is 2.33. The van der Waals surface area contributed by atoms with Crippen LogP contribution < -0.4 is 10.6 Å². The number of para-hydroxylation sites is 1. The van der Waals surface area contributed by atoms with Crippen molar-refractivity contribution < 1.29 is 9.59 Å². The Morgan fingerprint density at radius 1 is 1.25 bits per heavy atom. The van der Waals surface area contributed by atoms with Crippen LogP contribution in [0.2, 0.25) is 0 Å². The Balaban J connectivity index is 1.48. The van der Waals surface area contributed by atoms with E-state index in [2.05, 4.69) is 27.7 Å². The fraction of sp³-hybridized carbons (Fsp3) is 0.471. The fourth-order valence-corrected chi connectivity index (χ4v) is 4.07. The molecule has 2 amide bonds. The summed E-state index contributed by atoms with van der Waals surface area (Å²) >= 11 is 1.78. The Morgan fingerprint density at radius 3 is 2.71 bits per heavy atom. The smallest absolute Gasteiger partial charge is 0.239 e. The number of nitrogens with one attached hydrogen (secondary N) is 2. The molecular weight excluding hydrogens is 324 g/mol. The van der Waals surface area contributed by atoms with E-state index >= 15 is 0 Å². The molecule has 1 fully saturated rings. The monoisotopic (exact) mass is 346 g/mol. The van der Waals surface area contributed by atoms with Crippen LogP contribution >= 0.6 is 11.3 Å². The van der Waals surface area contributed by atoms with E-state index < -0.39 is 0 Å². The van der Waals surface area contributed by atoms with E-state index in [9.17, 15) is 9.59 Å². The van der Waals surface area contributed by atoms with Gasteiger partial charge >= 0.3 is 0 Å². The SMILES string of the molecule is CNC(=O)CNC(=O)CN1CCC(c2nc3ccccc3s2)CC1. The van der Waals surface area contributed by atoms with Crippen molar-refractivity contribution in [3.63, 3.8) is 0 Å². The van der Waals surface area contributed by atoms with Crippen LogP contribution in [0.3, 0.4) is 0 Å². The summed E-state index contributed by atoms with van der Waals surface area (Å²) in [6.45, 7) is 2.16. The van der Waals surface area contributed by atoms with Crippen LogP contribution in [0.5, 0.6) is 0 Å². The van der Waals surface area contributed by atoms with E-state index in [0.717, 1.165) is 31.4 Å². The molecule has 0 spiro atoms. The van der Waals surface area contributed by atoms with E-state index in [1.54, 1.807) is 18.4 Å². The summed E-state index contributed by atoms with van der Waals surface area (Å²) < 4.78 is 1.24.